The van der Waals surface area contributed by atoms with Gasteiger partial charge in [0.1, 0.15) is 11.3 Å². The van der Waals surface area contributed by atoms with Crippen LogP contribution in [0.4, 0.5) is 0 Å². The van der Waals surface area contributed by atoms with Crippen LogP contribution < -0.4 is 21.3 Å². The first-order chi connectivity index (χ1) is 13.0. The highest BCUT2D eigenvalue weighted by Crippen LogP contribution is 2.35. The summed E-state index contributed by atoms with van der Waals surface area (Å²) in [7, 11) is 1.62. The molecule has 0 amide bonds. The minimum Gasteiger partial charge on any atom is -0.497 e. The molecule has 3 aromatic rings. The lowest BCUT2D eigenvalue weighted by Crippen LogP contribution is -2.39. The third-order valence-corrected chi connectivity index (χ3v) is 4.97. The molecule has 8 heteroatoms. The molecular formula is C19H20N4O4. The van der Waals surface area contributed by atoms with Crippen molar-refractivity contribution < 1.29 is 9.84 Å². The molecule has 3 heterocycles. The average molecular weight is 368 g/mol. The Labute approximate surface area is 154 Å². The number of nitrogens with zero attached hydrogens (tertiary/aromatic N) is 1. The summed E-state index contributed by atoms with van der Waals surface area (Å²) in [5, 5.41) is 14.9. The summed E-state index contributed by atoms with van der Waals surface area (Å²) in [4.78, 5) is 30.1. The number of nitrogens with one attached hydrogen (secondary N) is 3. The first kappa shape index (κ1) is 17.2. The molecule has 1 aromatic carbocycles. The number of fused-ring (bicyclic) bond motifs is 3. The molecule has 1 atom stereocenters. The van der Waals surface area contributed by atoms with E-state index in [0.29, 0.717) is 6.54 Å². The second-order valence-electron chi connectivity index (χ2n) is 6.46. The Bertz CT molecular complexity index is 1150. The molecular weight excluding hydrogens is 348 g/mol. The molecule has 1 aliphatic heterocycles. The molecule has 0 saturated heterocycles. The number of allylic oxidation sites excluding steroid dienone is 1. The van der Waals surface area contributed by atoms with Gasteiger partial charge in [-0.05, 0) is 30.2 Å². The molecule has 8 nitrogen and oxygen atoms in total. The van der Waals surface area contributed by atoms with Gasteiger partial charge in [0.15, 0.2) is 0 Å². The van der Waals surface area contributed by atoms with E-state index in [2.05, 4.69) is 21.9 Å². The van der Waals surface area contributed by atoms with Gasteiger partial charge in [-0.15, -0.1) is 6.58 Å². The van der Waals surface area contributed by atoms with Crippen LogP contribution in [0.5, 0.6) is 11.6 Å². The Kier molecular flexibility index (Phi) is 4.12. The summed E-state index contributed by atoms with van der Waals surface area (Å²) in [6.07, 6.45) is 2.25. The fraction of sp³-hybridized carbons (Fsp3) is 0.263. The minimum atomic E-state index is -0.668. The first-order valence-corrected chi connectivity index (χ1v) is 8.64. The Morgan fingerprint density at radius 2 is 2.19 bits per heavy atom. The smallest absolute Gasteiger partial charge is 0.331 e. The van der Waals surface area contributed by atoms with Crippen LogP contribution in [0, 0.1) is 0 Å². The van der Waals surface area contributed by atoms with Crippen LogP contribution in [0.25, 0.3) is 10.9 Å². The van der Waals surface area contributed by atoms with E-state index in [1.807, 2.05) is 18.2 Å². The number of aromatic amines is 2. The van der Waals surface area contributed by atoms with E-state index in [1.54, 1.807) is 7.11 Å². The van der Waals surface area contributed by atoms with Gasteiger partial charge in [0.2, 0.25) is 5.88 Å². The maximum absolute atomic E-state index is 12.5. The van der Waals surface area contributed by atoms with E-state index in [0.717, 1.165) is 38.9 Å². The van der Waals surface area contributed by atoms with Crippen molar-refractivity contribution in [1.29, 1.82) is 0 Å². The number of aromatic hydroxyl groups is 1. The number of rotatable bonds is 4. The second kappa shape index (κ2) is 6.48. The van der Waals surface area contributed by atoms with Gasteiger partial charge in [0.05, 0.1) is 13.2 Å². The number of aromatic nitrogens is 3. The van der Waals surface area contributed by atoms with Crippen molar-refractivity contribution in [2.75, 3.05) is 13.7 Å². The van der Waals surface area contributed by atoms with Crippen LogP contribution in [0.1, 0.15) is 22.9 Å². The fourth-order valence-electron chi connectivity index (χ4n) is 3.71. The third-order valence-electron chi connectivity index (χ3n) is 4.97. The molecule has 4 rings (SSSR count). The Morgan fingerprint density at radius 3 is 2.93 bits per heavy atom. The van der Waals surface area contributed by atoms with E-state index in [1.165, 1.54) is 6.08 Å². The lowest BCUT2D eigenvalue weighted by atomic mass is 9.95. The van der Waals surface area contributed by atoms with E-state index in [9.17, 15) is 14.7 Å². The lowest BCUT2D eigenvalue weighted by Gasteiger charge is -2.25. The zero-order valence-corrected chi connectivity index (χ0v) is 14.8. The molecule has 1 aliphatic rings. The first-order valence-electron chi connectivity index (χ1n) is 8.64. The quantitative estimate of drug-likeness (QED) is 0.516. The van der Waals surface area contributed by atoms with Gasteiger partial charge in [0, 0.05) is 29.7 Å². The number of hydrogen-bond donors (Lipinski definition) is 4. The monoisotopic (exact) mass is 368 g/mol. The van der Waals surface area contributed by atoms with Gasteiger partial charge in [-0.3, -0.25) is 14.3 Å². The van der Waals surface area contributed by atoms with Gasteiger partial charge in [-0.25, -0.2) is 4.79 Å². The van der Waals surface area contributed by atoms with Gasteiger partial charge in [-0.1, -0.05) is 6.08 Å². The summed E-state index contributed by atoms with van der Waals surface area (Å²) < 4.78 is 6.40. The topological polar surface area (TPSA) is 112 Å². The van der Waals surface area contributed by atoms with Crippen LogP contribution in [0.3, 0.4) is 0 Å². The Balaban J connectivity index is 1.94. The number of H-pyrrole nitrogens is 2. The Morgan fingerprint density at radius 1 is 1.37 bits per heavy atom. The summed E-state index contributed by atoms with van der Waals surface area (Å²) in [6, 6.07) is 5.18. The molecule has 4 N–H and O–H groups in total. The number of hydrogen-bond acceptors (Lipinski definition) is 5. The van der Waals surface area contributed by atoms with Crippen molar-refractivity contribution in [3.05, 3.63) is 68.5 Å². The van der Waals surface area contributed by atoms with Crippen LogP contribution in [-0.2, 0) is 13.0 Å². The summed E-state index contributed by atoms with van der Waals surface area (Å²) in [5.74, 6) is 0.393. The van der Waals surface area contributed by atoms with E-state index in [4.69, 9.17) is 4.74 Å². The molecule has 0 radical (unpaired) electrons. The highest BCUT2D eigenvalue weighted by molar-refractivity contribution is 5.86. The standard InChI is InChI=1S/C19H20N4O4/c1-3-8-23-18(25)14(17(24)22-19(23)26)16-15-11(6-7-20-16)12-9-10(27-2)4-5-13(12)21-15/h3-5,9,16,20-21,25H,1,6-8H2,2H3,(H,22,24,26). The molecule has 0 bridgehead atoms. The molecule has 0 fully saturated rings. The summed E-state index contributed by atoms with van der Waals surface area (Å²) in [5.41, 5.74) is 1.61. The van der Waals surface area contributed by atoms with Crippen molar-refractivity contribution in [3.63, 3.8) is 0 Å². The zero-order valence-electron chi connectivity index (χ0n) is 14.8. The fourth-order valence-corrected chi connectivity index (χ4v) is 3.71. The maximum Gasteiger partial charge on any atom is 0.331 e. The second-order valence-corrected chi connectivity index (χ2v) is 6.46. The largest absolute Gasteiger partial charge is 0.497 e. The third kappa shape index (κ3) is 2.65. The van der Waals surface area contributed by atoms with Crippen molar-refractivity contribution in [3.8, 4) is 11.6 Å². The van der Waals surface area contributed by atoms with Crippen LogP contribution >= 0.6 is 0 Å². The molecule has 0 aliphatic carbocycles. The van der Waals surface area contributed by atoms with E-state index in [-0.39, 0.29) is 18.0 Å². The van der Waals surface area contributed by atoms with Gasteiger partial charge >= 0.3 is 5.69 Å². The molecule has 27 heavy (non-hydrogen) atoms. The predicted octanol–water partition coefficient (Wildman–Crippen LogP) is 1.15. The lowest BCUT2D eigenvalue weighted by molar-refractivity contribution is 0.391. The van der Waals surface area contributed by atoms with Crippen molar-refractivity contribution >= 4 is 10.9 Å². The van der Waals surface area contributed by atoms with Gasteiger partial charge in [-0.2, -0.15) is 0 Å². The van der Waals surface area contributed by atoms with Crippen molar-refractivity contribution in [2.24, 2.45) is 0 Å². The van der Waals surface area contributed by atoms with Gasteiger partial charge < -0.3 is 20.1 Å². The van der Waals surface area contributed by atoms with Crippen LogP contribution in [0.2, 0.25) is 0 Å². The summed E-state index contributed by atoms with van der Waals surface area (Å²) in [6.45, 7) is 4.31. The maximum atomic E-state index is 12.5. The molecule has 140 valence electrons. The molecule has 1 unspecified atom stereocenters. The molecule has 0 spiro atoms. The normalized spacial score (nSPS) is 16.3. The number of benzene rings is 1. The van der Waals surface area contributed by atoms with Crippen molar-refractivity contribution in [2.45, 2.75) is 19.0 Å². The summed E-state index contributed by atoms with van der Waals surface area (Å²) >= 11 is 0. The Hall–Kier alpha value is -3.26. The SMILES string of the molecule is C=CCn1c(O)c(C2NCCc3c2[nH]c2ccc(OC)cc32)c(=O)[nH]c1=O. The van der Waals surface area contributed by atoms with E-state index < -0.39 is 17.3 Å². The number of ether oxygens (including phenoxy) is 1. The predicted molar refractivity (Wildman–Crippen MR) is 102 cm³/mol. The molecule has 0 saturated carbocycles. The minimum absolute atomic E-state index is 0.0952. The average Bonchev–Trinajstić information content (AvgIpc) is 3.03. The molecule has 2 aromatic heterocycles. The zero-order chi connectivity index (χ0) is 19.1. The highest BCUT2D eigenvalue weighted by atomic mass is 16.5. The van der Waals surface area contributed by atoms with Crippen LogP contribution in [0.15, 0.2) is 40.4 Å². The van der Waals surface area contributed by atoms with Crippen molar-refractivity contribution in [1.82, 2.24) is 19.9 Å². The number of methoxy groups -OCH3 is 1. The van der Waals surface area contributed by atoms with E-state index >= 15 is 0 Å². The van der Waals surface area contributed by atoms with Gasteiger partial charge in [0.25, 0.3) is 5.56 Å². The van der Waals surface area contributed by atoms with Crippen LogP contribution in [-0.4, -0.2) is 33.3 Å². The highest BCUT2D eigenvalue weighted by Gasteiger charge is 2.31.